The molecule has 1 unspecified atom stereocenters. The number of nitrogens with zero attached hydrogens (tertiary/aromatic N) is 1. The number of rotatable bonds is 4. The van der Waals surface area contributed by atoms with Crippen LogP contribution in [0.1, 0.15) is 19.5 Å². The zero-order valence-corrected chi connectivity index (χ0v) is 11.9. The SMILES string of the molecule is Cc1nc(NC(=O)C(CN)C(C)C)ccc1Br. The van der Waals surface area contributed by atoms with Crippen molar-refractivity contribution in [2.75, 3.05) is 11.9 Å². The Morgan fingerprint density at radius 1 is 1.53 bits per heavy atom. The van der Waals surface area contributed by atoms with E-state index in [0.29, 0.717) is 12.4 Å². The van der Waals surface area contributed by atoms with E-state index in [9.17, 15) is 4.79 Å². The van der Waals surface area contributed by atoms with Crippen molar-refractivity contribution in [1.29, 1.82) is 0 Å². The van der Waals surface area contributed by atoms with E-state index in [1.165, 1.54) is 0 Å². The number of amides is 1. The van der Waals surface area contributed by atoms with Crippen LogP contribution < -0.4 is 11.1 Å². The normalized spacial score (nSPS) is 12.6. The number of nitrogens with one attached hydrogen (secondary N) is 1. The number of nitrogens with two attached hydrogens (primary N) is 1. The van der Waals surface area contributed by atoms with Gasteiger partial charge in [-0.15, -0.1) is 0 Å². The minimum Gasteiger partial charge on any atom is -0.330 e. The van der Waals surface area contributed by atoms with Crippen LogP contribution >= 0.6 is 15.9 Å². The number of halogens is 1. The zero-order chi connectivity index (χ0) is 13.0. The van der Waals surface area contributed by atoms with Gasteiger partial charge in [-0.1, -0.05) is 13.8 Å². The van der Waals surface area contributed by atoms with Gasteiger partial charge in [0.15, 0.2) is 0 Å². The van der Waals surface area contributed by atoms with E-state index in [-0.39, 0.29) is 17.7 Å². The van der Waals surface area contributed by atoms with Crippen molar-refractivity contribution >= 4 is 27.7 Å². The minimum absolute atomic E-state index is 0.0725. The summed E-state index contributed by atoms with van der Waals surface area (Å²) in [5, 5.41) is 2.79. The average molecular weight is 300 g/mol. The summed E-state index contributed by atoms with van der Waals surface area (Å²) >= 11 is 3.37. The third-order valence-electron chi connectivity index (χ3n) is 2.67. The third-order valence-corrected chi connectivity index (χ3v) is 3.51. The Morgan fingerprint density at radius 2 is 2.18 bits per heavy atom. The van der Waals surface area contributed by atoms with Crippen LogP contribution in [0.5, 0.6) is 0 Å². The van der Waals surface area contributed by atoms with E-state index in [4.69, 9.17) is 5.73 Å². The van der Waals surface area contributed by atoms with Crippen LogP contribution in [0.3, 0.4) is 0 Å². The van der Waals surface area contributed by atoms with Gasteiger partial charge in [-0.2, -0.15) is 0 Å². The highest BCUT2D eigenvalue weighted by Crippen LogP contribution is 2.17. The minimum atomic E-state index is -0.180. The second-order valence-corrected chi connectivity index (χ2v) is 5.19. The highest BCUT2D eigenvalue weighted by atomic mass is 79.9. The predicted molar refractivity (Wildman–Crippen MR) is 72.7 cm³/mol. The molecule has 0 saturated heterocycles. The fourth-order valence-electron chi connectivity index (χ4n) is 1.51. The van der Waals surface area contributed by atoms with Crippen LogP contribution in [0.15, 0.2) is 16.6 Å². The smallest absolute Gasteiger partial charge is 0.230 e. The van der Waals surface area contributed by atoms with Gasteiger partial charge >= 0.3 is 0 Å². The molecule has 0 aliphatic rings. The van der Waals surface area contributed by atoms with Gasteiger partial charge in [0.05, 0.1) is 11.6 Å². The van der Waals surface area contributed by atoms with Crippen molar-refractivity contribution in [3.05, 3.63) is 22.3 Å². The number of carbonyl (C=O) groups excluding carboxylic acids is 1. The first-order valence-corrected chi connectivity index (χ1v) is 6.39. The summed E-state index contributed by atoms with van der Waals surface area (Å²) in [7, 11) is 0. The number of aromatic nitrogens is 1. The molecule has 1 heterocycles. The van der Waals surface area contributed by atoms with Gasteiger partial charge in [-0.05, 0) is 40.9 Å². The van der Waals surface area contributed by atoms with Crippen molar-refractivity contribution in [1.82, 2.24) is 4.98 Å². The molecule has 0 radical (unpaired) electrons. The van der Waals surface area contributed by atoms with Crippen LogP contribution in [-0.2, 0) is 4.79 Å². The molecule has 4 nitrogen and oxygen atoms in total. The Balaban J connectivity index is 2.77. The Hall–Kier alpha value is -0.940. The van der Waals surface area contributed by atoms with E-state index in [1.54, 1.807) is 6.07 Å². The number of pyridine rings is 1. The maximum Gasteiger partial charge on any atom is 0.230 e. The highest BCUT2D eigenvalue weighted by Gasteiger charge is 2.20. The second kappa shape index (κ2) is 6.12. The number of hydrogen-bond acceptors (Lipinski definition) is 3. The summed E-state index contributed by atoms with van der Waals surface area (Å²) in [5.41, 5.74) is 6.44. The molecule has 0 aliphatic heterocycles. The zero-order valence-electron chi connectivity index (χ0n) is 10.3. The molecule has 1 atom stereocenters. The van der Waals surface area contributed by atoms with Gasteiger partial charge in [0.25, 0.3) is 0 Å². The molecule has 0 spiro atoms. The summed E-state index contributed by atoms with van der Waals surface area (Å²) < 4.78 is 0.926. The van der Waals surface area contributed by atoms with E-state index in [2.05, 4.69) is 26.2 Å². The van der Waals surface area contributed by atoms with Gasteiger partial charge in [0, 0.05) is 11.0 Å². The molecule has 0 aromatic carbocycles. The number of anilines is 1. The number of aryl methyl sites for hydroxylation is 1. The molecule has 94 valence electrons. The maximum absolute atomic E-state index is 11.9. The lowest BCUT2D eigenvalue weighted by Crippen LogP contribution is -2.33. The molecule has 1 amide bonds. The summed E-state index contributed by atoms with van der Waals surface area (Å²) in [6.07, 6.45) is 0. The first kappa shape index (κ1) is 14.1. The van der Waals surface area contributed by atoms with E-state index >= 15 is 0 Å². The Morgan fingerprint density at radius 3 is 2.65 bits per heavy atom. The standard InChI is InChI=1S/C12H18BrN3O/c1-7(2)9(6-14)12(17)16-11-5-4-10(13)8(3)15-11/h4-5,7,9H,6,14H2,1-3H3,(H,15,16,17). The second-order valence-electron chi connectivity index (χ2n) is 4.34. The molecular formula is C12H18BrN3O. The lowest BCUT2D eigenvalue weighted by Gasteiger charge is -2.18. The lowest BCUT2D eigenvalue weighted by atomic mass is 9.95. The predicted octanol–water partition coefficient (Wildman–Crippen LogP) is 2.32. The third kappa shape index (κ3) is 3.78. The van der Waals surface area contributed by atoms with Gasteiger partial charge in [0.2, 0.25) is 5.91 Å². The van der Waals surface area contributed by atoms with Crippen molar-refractivity contribution < 1.29 is 4.79 Å². The Bertz CT molecular complexity index is 407. The maximum atomic E-state index is 11.9. The topological polar surface area (TPSA) is 68.0 Å². The fraction of sp³-hybridized carbons (Fsp3) is 0.500. The molecule has 1 rings (SSSR count). The number of hydrogen-bond donors (Lipinski definition) is 2. The molecule has 3 N–H and O–H groups in total. The summed E-state index contributed by atoms with van der Waals surface area (Å²) in [4.78, 5) is 16.2. The quantitative estimate of drug-likeness (QED) is 0.896. The van der Waals surface area contributed by atoms with Gasteiger partial charge in [-0.25, -0.2) is 4.98 Å². The first-order chi connectivity index (χ1) is 7.95. The molecule has 0 aliphatic carbocycles. The molecule has 1 aromatic heterocycles. The van der Waals surface area contributed by atoms with Crippen LogP contribution in [0.2, 0.25) is 0 Å². The summed E-state index contributed by atoms with van der Waals surface area (Å²) in [5.74, 6) is 0.531. The average Bonchev–Trinajstić information content (AvgIpc) is 2.24. The van der Waals surface area contributed by atoms with Crippen molar-refractivity contribution in [2.24, 2.45) is 17.6 Å². The molecule has 0 fully saturated rings. The van der Waals surface area contributed by atoms with E-state index in [1.807, 2.05) is 26.8 Å². The first-order valence-electron chi connectivity index (χ1n) is 5.59. The molecule has 0 bridgehead atoms. The van der Waals surface area contributed by atoms with Crippen LogP contribution in [0.25, 0.3) is 0 Å². The van der Waals surface area contributed by atoms with E-state index < -0.39 is 0 Å². The van der Waals surface area contributed by atoms with Gasteiger partial charge in [-0.3, -0.25) is 4.79 Å². The Labute approximate surface area is 110 Å². The fourth-order valence-corrected chi connectivity index (χ4v) is 1.74. The number of carbonyl (C=O) groups is 1. The molecular weight excluding hydrogens is 282 g/mol. The van der Waals surface area contributed by atoms with Crippen LogP contribution in [0, 0.1) is 18.8 Å². The summed E-state index contributed by atoms with van der Waals surface area (Å²) in [6, 6.07) is 3.63. The molecule has 5 heteroatoms. The molecule has 0 saturated carbocycles. The molecule has 1 aromatic rings. The van der Waals surface area contributed by atoms with Gasteiger partial charge < -0.3 is 11.1 Å². The van der Waals surface area contributed by atoms with Crippen molar-refractivity contribution in [3.8, 4) is 0 Å². The van der Waals surface area contributed by atoms with Gasteiger partial charge in [0.1, 0.15) is 5.82 Å². The van der Waals surface area contributed by atoms with E-state index in [0.717, 1.165) is 10.2 Å². The summed E-state index contributed by atoms with van der Waals surface area (Å²) in [6.45, 7) is 6.19. The molecule has 17 heavy (non-hydrogen) atoms. The largest absolute Gasteiger partial charge is 0.330 e. The monoisotopic (exact) mass is 299 g/mol. The van der Waals surface area contributed by atoms with Crippen LogP contribution in [0.4, 0.5) is 5.82 Å². The van der Waals surface area contributed by atoms with Crippen molar-refractivity contribution in [2.45, 2.75) is 20.8 Å². The highest BCUT2D eigenvalue weighted by molar-refractivity contribution is 9.10. The van der Waals surface area contributed by atoms with Crippen molar-refractivity contribution in [3.63, 3.8) is 0 Å². The lowest BCUT2D eigenvalue weighted by molar-refractivity contribution is -0.120. The Kier molecular flexibility index (Phi) is 5.08. The van der Waals surface area contributed by atoms with Crippen LogP contribution in [-0.4, -0.2) is 17.4 Å².